The minimum atomic E-state index is 0.0225. The van der Waals surface area contributed by atoms with Crippen LogP contribution in [0.5, 0.6) is 0 Å². The van der Waals surface area contributed by atoms with E-state index in [2.05, 4.69) is 15.3 Å². The smallest absolute Gasteiger partial charge is 0.221 e. The summed E-state index contributed by atoms with van der Waals surface area (Å²) in [6, 6.07) is 1.74. The van der Waals surface area contributed by atoms with Crippen molar-refractivity contribution in [1.82, 2.24) is 9.97 Å². The van der Waals surface area contributed by atoms with Crippen molar-refractivity contribution in [3.8, 4) is 0 Å². The lowest BCUT2D eigenvalue weighted by atomic mass is 10.2. The van der Waals surface area contributed by atoms with Crippen LogP contribution in [0.3, 0.4) is 0 Å². The molecule has 0 aliphatic carbocycles. The van der Waals surface area contributed by atoms with Crippen molar-refractivity contribution in [2.24, 2.45) is 0 Å². The predicted octanol–water partition coefficient (Wildman–Crippen LogP) is 0.242. The number of nitrogen functional groups attached to an aromatic ring is 1. The summed E-state index contributed by atoms with van der Waals surface area (Å²) in [6.07, 6.45) is 2.41. The zero-order valence-electron chi connectivity index (χ0n) is 7.57. The molecule has 13 heavy (non-hydrogen) atoms. The van der Waals surface area contributed by atoms with Gasteiger partial charge in [-0.05, 0) is 12.5 Å². The lowest BCUT2D eigenvalue weighted by Gasteiger charge is -2.14. The molecule has 0 radical (unpaired) electrons. The van der Waals surface area contributed by atoms with Gasteiger partial charge in [0.15, 0.2) is 0 Å². The van der Waals surface area contributed by atoms with E-state index in [0.29, 0.717) is 5.82 Å². The molecule has 1 aromatic heterocycles. The quantitative estimate of drug-likeness (QED) is 0.621. The molecular formula is C8H14N4O. The maximum absolute atomic E-state index is 8.92. The van der Waals surface area contributed by atoms with E-state index in [0.717, 1.165) is 6.42 Å². The average molecular weight is 182 g/mol. The number of aliphatic hydroxyl groups excluding tert-OH is 1. The first-order chi connectivity index (χ1) is 6.26. The summed E-state index contributed by atoms with van der Waals surface area (Å²) in [6.45, 7) is 2.07. The number of aliphatic hydroxyl groups is 1. The molecule has 0 amide bonds. The second-order valence-electron chi connectivity index (χ2n) is 2.73. The van der Waals surface area contributed by atoms with Crippen molar-refractivity contribution in [2.75, 3.05) is 17.7 Å². The van der Waals surface area contributed by atoms with Crippen LogP contribution in [0.1, 0.15) is 13.3 Å². The lowest BCUT2D eigenvalue weighted by Crippen LogP contribution is -2.23. The van der Waals surface area contributed by atoms with Crippen LogP contribution in [0.15, 0.2) is 12.3 Å². The minimum absolute atomic E-state index is 0.0225. The molecule has 5 heteroatoms. The molecule has 1 aromatic rings. The summed E-state index contributed by atoms with van der Waals surface area (Å²) >= 11 is 0. The van der Waals surface area contributed by atoms with Gasteiger partial charge in [-0.15, -0.1) is 0 Å². The Labute approximate surface area is 77.0 Å². The van der Waals surface area contributed by atoms with Crippen molar-refractivity contribution in [1.29, 1.82) is 0 Å². The highest BCUT2D eigenvalue weighted by Crippen LogP contribution is 2.05. The topological polar surface area (TPSA) is 84.1 Å². The Morgan fingerprint density at radius 1 is 1.69 bits per heavy atom. The van der Waals surface area contributed by atoms with Gasteiger partial charge in [-0.3, -0.25) is 0 Å². The molecule has 0 aliphatic rings. The zero-order chi connectivity index (χ0) is 9.68. The molecule has 72 valence electrons. The van der Waals surface area contributed by atoms with E-state index in [1.54, 1.807) is 12.3 Å². The molecule has 1 rings (SSSR count). The Morgan fingerprint density at radius 2 is 2.46 bits per heavy atom. The van der Waals surface area contributed by atoms with Crippen LogP contribution in [-0.4, -0.2) is 27.7 Å². The van der Waals surface area contributed by atoms with E-state index in [1.165, 1.54) is 0 Å². The first-order valence-electron chi connectivity index (χ1n) is 4.22. The van der Waals surface area contributed by atoms with E-state index in [9.17, 15) is 0 Å². The van der Waals surface area contributed by atoms with Gasteiger partial charge in [-0.1, -0.05) is 6.92 Å². The van der Waals surface area contributed by atoms with E-state index in [4.69, 9.17) is 10.8 Å². The van der Waals surface area contributed by atoms with Crippen molar-refractivity contribution >= 4 is 11.8 Å². The molecule has 0 spiro atoms. The molecular weight excluding hydrogens is 168 g/mol. The van der Waals surface area contributed by atoms with Crippen molar-refractivity contribution < 1.29 is 5.11 Å². The van der Waals surface area contributed by atoms with Crippen molar-refractivity contribution in [2.45, 2.75) is 19.4 Å². The monoisotopic (exact) mass is 182 g/mol. The number of anilines is 2. The van der Waals surface area contributed by atoms with Gasteiger partial charge in [0.1, 0.15) is 5.82 Å². The molecule has 0 aliphatic heterocycles. The number of nitrogens with one attached hydrogen (secondary N) is 1. The fraction of sp³-hybridized carbons (Fsp3) is 0.500. The Hall–Kier alpha value is -1.36. The highest BCUT2D eigenvalue weighted by molar-refractivity contribution is 5.38. The van der Waals surface area contributed by atoms with E-state index in [1.807, 2.05) is 6.92 Å². The fourth-order valence-corrected chi connectivity index (χ4v) is 0.940. The molecule has 0 aromatic carbocycles. The molecule has 5 nitrogen and oxygen atoms in total. The summed E-state index contributed by atoms with van der Waals surface area (Å²) in [5.74, 6) is 0.881. The van der Waals surface area contributed by atoms with Crippen LogP contribution in [0.4, 0.5) is 11.8 Å². The summed E-state index contributed by atoms with van der Waals surface area (Å²) in [4.78, 5) is 7.72. The largest absolute Gasteiger partial charge is 0.394 e. The van der Waals surface area contributed by atoms with Crippen molar-refractivity contribution in [3.05, 3.63) is 12.3 Å². The number of hydrogen-bond donors (Lipinski definition) is 3. The van der Waals surface area contributed by atoms with Gasteiger partial charge in [0.2, 0.25) is 5.95 Å². The first-order valence-corrected chi connectivity index (χ1v) is 4.22. The zero-order valence-corrected chi connectivity index (χ0v) is 7.57. The number of nitrogens with two attached hydrogens (primary N) is 1. The van der Waals surface area contributed by atoms with Gasteiger partial charge < -0.3 is 16.2 Å². The molecule has 1 atom stereocenters. The molecule has 0 saturated carbocycles. The molecule has 1 unspecified atom stereocenters. The standard InChI is InChI=1S/C8H14N4O/c1-2-6(5-13)11-7-3-4-10-8(9)12-7/h3-4,6,13H,2,5H2,1H3,(H3,9,10,11,12). The molecule has 1 heterocycles. The van der Waals surface area contributed by atoms with Gasteiger partial charge in [-0.25, -0.2) is 4.98 Å². The fourth-order valence-electron chi connectivity index (χ4n) is 0.940. The van der Waals surface area contributed by atoms with Crippen LogP contribution in [0.2, 0.25) is 0 Å². The van der Waals surface area contributed by atoms with Crippen LogP contribution in [-0.2, 0) is 0 Å². The van der Waals surface area contributed by atoms with Crippen LogP contribution >= 0.6 is 0 Å². The Bertz CT molecular complexity index is 262. The Kier molecular flexibility index (Phi) is 3.45. The van der Waals surface area contributed by atoms with E-state index in [-0.39, 0.29) is 18.6 Å². The Morgan fingerprint density at radius 3 is 3.00 bits per heavy atom. The summed E-state index contributed by atoms with van der Waals surface area (Å²) in [5, 5.41) is 12.0. The lowest BCUT2D eigenvalue weighted by molar-refractivity contribution is 0.271. The highest BCUT2D eigenvalue weighted by atomic mass is 16.3. The van der Waals surface area contributed by atoms with Gasteiger partial charge in [0, 0.05) is 6.20 Å². The number of hydrogen-bond acceptors (Lipinski definition) is 5. The van der Waals surface area contributed by atoms with Crippen LogP contribution in [0, 0.1) is 0 Å². The predicted molar refractivity (Wildman–Crippen MR) is 51.2 cm³/mol. The second kappa shape index (κ2) is 4.61. The maximum Gasteiger partial charge on any atom is 0.221 e. The molecule has 0 fully saturated rings. The van der Waals surface area contributed by atoms with Crippen LogP contribution in [0.25, 0.3) is 0 Å². The maximum atomic E-state index is 8.92. The van der Waals surface area contributed by atoms with Gasteiger partial charge in [0.25, 0.3) is 0 Å². The van der Waals surface area contributed by atoms with Gasteiger partial charge in [-0.2, -0.15) is 4.98 Å². The summed E-state index contributed by atoms with van der Waals surface area (Å²) < 4.78 is 0. The number of rotatable bonds is 4. The molecule has 0 bridgehead atoms. The molecule has 0 saturated heterocycles. The number of nitrogens with zero attached hydrogens (tertiary/aromatic N) is 2. The van der Waals surface area contributed by atoms with Gasteiger partial charge >= 0.3 is 0 Å². The van der Waals surface area contributed by atoms with Gasteiger partial charge in [0.05, 0.1) is 12.6 Å². The molecule has 4 N–H and O–H groups in total. The third-order valence-corrected chi connectivity index (χ3v) is 1.74. The summed E-state index contributed by atoms with van der Waals surface area (Å²) in [5.41, 5.74) is 5.39. The second-order valence-corrected chi connectivity index (χ2v) is 2.73. The third-order valence-electron chi connectivity index (χ3n) is 1.74. The Balaban J connectivity index is 2.62. The minimum Gasteiger partial charge on any atom is -0.394 e. The average Bonchev–Trinajstić information content (AvgIpc) is 2.14. The summed E-state index contributed by atoms with van der Waals surface area (Å²) in [7, 11) is 0. The van der Waals surface area contributed by atoms with Crippen molar-refractivity contribution in [3.63, 3.8) is 0 Å². The third kappa shape index (κ3) is 2.87. The number of aromatic nitrogens is 2. The van der Waals surface area contributed by atoms with E-state index >= 15 is 0 Å². The SMILES string of the molecule is CCC(CO)Nc1ccnc(N)n1. The highest BCUT2D eigenvalue weighted by Gasteiger charge is 2.04. The van der Waals surface area contributed by atoms with E-state index < -0.39 is 0 Å². The first kappa shape index (κ1) is 9.73. The van der Waals surface area contributed by atoms with Crippen LogP contribution < -0.4 is 11.1 Å². The normalized spacial score (nSPS) is 12.5.